The molecule has 28 heavy (non-hydrogen) atoms. The first kappa shape index (κ1) is 18.1. The molecule has 0 saturated carbocycles. The molecule has 3 aromatic carbocycles. The van der Waals surface area contributed by atoms with Gasteiger partial charge >= 0.3 is 0 Å². The molecule has 1 amide bonds. The fraction of sp³-hybridized carbons (Fsp3) is 0.208. The Kier molecular flexibility index (Phi) is 5.29. The van der Waals surface area contributed by atoms with Crippen molar-refractivity contribution in [1.29, 1.82) is 0 Å². The average molecular weight is 372 g/mol. The topological polar surface area (TPSA) is 41.6 Å². The van der Waals surface area contributed by atoms with E-state index < -0.39 is 6.04 Å². The first-order valence-electron chi connectivity index (χ1n) is 9.60. The van der Waals surface area contributed by atoms with Crippen LogP contribution >= 0.6 is 0 Å². The number of fused-ring (bicyclic) bond motifs is 1. The lowest BCUT2D eigenvalue weighted by molar-refractivity contribution is -0.117. The van der Waals surface area contributed by atoms with Gasteiger partial charge in [0.2, 0.25) is 0 Å². The number of methoxy groups -OCH3 is 1. The Morgan fingerprint density at radius 2 is 1.79 bits per heavy atom. The van der Waals surface area contributed by atoms with Crippen molar-refractivity contribution in [3.05, 3.63) is 90.0 Å². The summed E-state index contributed by atoms with van der Waals surface area (Å²) in [7, 11) is 1.62. The molecule has 0 bridgehead atoms. The number of benzene rings is 3. The molecule has 4 nitrogen and oxygen atoms in total. The quantitative estimate of drug-likeness (QED) is 0.698. The second-order valence-corrected chi connectivity index (χ2v) is 6.96. The molecule has 0 radical (unpaired) electrons. The third-order valence-electron chi connectivity index (χ3n) is 5.16. The molecule has 1 heterocycles. The summed E-state index contributed by atoms with van der Waals surface area (Å²) in [6.07, 6.45) is 2.08. The molecule has 4 rings (SSSR count). The number of para-hydroxylation sites is 1. The lowest BCUT2D eigenvalue weighted by atomic mass is 9.96. The predicted molar refractivity (Wildman–Crippen MR) is 113 cm³/mol. The number of nitrogens with one attached hydrogen (secondary N) is 1. The van der Waals surface area contributed by atoms with Crippen molar-refractivity contribution in [3.63, 3.8) is 0 Å². The van der Waals surface area contributed by atoms with Crippen LogP contribution in [-0.4, -0.2) is 19.6 Å². The van der Waals surface area contributed by atoms with Crippen molar-refractivity contribution in [2.45, 2.75) is 18.9 Å². The molecule has 1 unspecified atom stereocenters. The fourth-order valence-electron chi connectivity index (χ4n) is 3.85. The van der Waals surface area contributed by atoms with Gasteiger partial charge in [0.1, 0.15) is 11.8 Å². The van der Waals surface area contributed by atoms with E-state index in [-0.39, 0.29) is 5.91 Å². The lowest BCUT2D eigenvalue weighted by Crippen LogP contribution is -2.40. The van der Waals surface area contributed by atoms with Crippen LogP contribution in [0.4, 0.5) is 11.4 Å². The highest BCUT2D eigenvalue weighted by atomic mass is 16.5. The largest absolute Gasteiger partial charge is 0.497 e. The molecule has 0 aromatic heterocycles. The van der Waals surface area contributed by atoms with E-state index in [1.165, 1.54) is 5.56 Å². The minimum absolute atomic E-state index is 0.0452. The highest BCUT2D eigenvalue weighted by molar-refractivity contribution is 5.98. The standard InChI is InChI=1S/C24H24N2O2/c1-28-21-14-7-13-20(17-21)25-24(27)23(19-10-3-2-4-11-19)26-16-8-12-18-9-5-6-15-22(18)26/h2-7,9-11,13-15,17,23H,8,12,16H2,1H3,(H,25,27). The molecule has 4 heteroatoms. The maximum atomic E-state index is 13.4. The van der Waals surface area contributed by atoms with Crippen LogP contribution in [0, 0.1) is 0 Å². The number of nitrogens with zero attached hydrogens (tertiary/aromatic N) is 1. The van der Waals surface area contributed by atoms with E-state index in [4.69, 9.17) is 4.74 Å². The molecule has 0 fully saturated rings. The van der Waals surface area contributed by atoms with Gasteiger partial charge in [0.25, 0.3) is 5.91 Å². The van der Waals surface area contributed by atoms with Gasteiger partial charge in [0, 0.05) is 24.0 Å². The SMILES string of the molecule is COc1cccc(NC(=O)C(c2ccccc2)N2CCCc3ccccc32)c1. The van der Waals surface area contributed by atoms with Gasteiger partial charge in [0.05, 0.1) is 7.11 Å². The molecule has 142 valence electrons. The Balaban J connectivity index is 1.70. The number of anilines is 2. The second-order valence-electron chi connectivity index (χ2n) is 6.96. The zero-order valence-electron chi connectivity index (χ0n) is 16.0. The van der Waals surface area contributed by atoms with Crippen LogP contribution in [0.3, 0.4) is 0 Å². The molecular weight excluding hydrogens is 348 g/mol. The van der Waals surface area contributed by atoms with Gasteiger partial charge in [-0.05, 0) is 42.2 Å². The van der Waals surface area contributed by atoms with Crippen LogP contribution in [0.25, 0.3) is 0 Å². The van der Waals surface area contributed by atoms with Gasteiger partial charge in [-0.3, -0.25) is 4.79 Å². The summed E-state index contributed by atoms with van der Waals surface area (Å²) >= 11 is 0. The molecule has 0 aliphatic carbocycles. The highest BCUT2D eigenvalue weighted by Gasteiger charge is 2.31. The first-order valence-corrected chi connectivity index (χ1v) is 9.60. The lowest BCUT2D eigenvalue weighted by Gasteiger charge is -2.37. The first-order chi connectivity index (χ1) is 13.8. The zero-order valence-corrected chi connectivity index (χ0v) is 16.0. The molecule has 3 aromatic rings. The van der Waals surface area contributed by atoms with Gasteiger partial charge in [-0.1, -0.05) is 54.6 Å². The van der Waals surface area contributed by atoms with Gasteiger partial charge in [-0.2, -0.15) is 0 Å². The van der Waals surface area contributed by atoms with E-state index in [9.17, 15) is 4.79 Å². The number of carbonyl (C=O) groups excluding carboxylic acids is 1. The van der Waals surface area contributed by atoms with Crippen LogP contribution in [0.2, 0.25) is 0 Å². The molecular formula is C24H24N2O2. The number of rotatable bonds is 5. The van der Waals surface area contributed by atoms with Crippen LogP contribution in [0.15, 0.2) is 78.9 Å². The van der Waals surface area contributed by atoms with Gasteiger partial charge in [-0.25, -0.2) is 0 Å². The zero-order chi connectivity index (χ0) is 19.3. The second kappa shape index (κ2) is 8.17. The van der Waals surface area contributed by atoms with E-state index in [1.807, 2.05) is 60.7 Å². The summed E-state index contributed by atoms with van der Waals surface area (Å²) in [6, 6.07) is 25.4. The molecule has 1 aliphatic heterocycles. The van der Waals surface area contributed by atoms with Crippen molar-refractivity contribution < 1.29 is 9.53 Å². The molecule has 1 aliphatic rings. The average Bonchev–Trinajstić information content (AvgIpc) is 2.75. The molecule has 0 spiro atoms. The third kappa shape index (κ3) is 3.72. The molecule has 0 saturated heterocycles. The predicted octanol–water partition coefficient (Wildman–Crippen LogP) is 4.83. The Morgan fingerprint density at radius 3 is 2.61 bits per heavy atom. The smallest absolute Gasteiger partial charge is 0.251 e. The van der Waals surface area contributed by atoms with Gasteiger partial charge < -0.3 is 15.0 Å². The summed E-state index contributed by atoms with van der Waals surface area (Å²) in [5.41, 5.74) is 4.16. The van der Waals surface area contributed by atoms with E-state index in [0.717, 1.165) is 42.1 Å². The number of carbonyl (C=O) groups is 1. The number of aryl methyl sites for hydroxylation is 1. The third-order valence-corrected chi connectivity index (χ3v) is 5.16. The van der Waals surface area contributed by atoms with Crippen molar-refractivity contribution in [2.24, 2.45) is 0 Å². The van der Waals surface area contributed by atoms with E-state index in [2.05, 4.69) is 28.4 Å². The summed E-state index contributed by atoms with van der Waals surface area (Å²) in [5.74, 6) is 0.675. The van der Waals surface area contributed by atoms with Crippen molar-refractivity contribution in [2.75, 3.05) is 23.9 Å². The summed E-state index contributed by atoms with van der Waals surface area (Å²) in [5, 5.41) is 3.08. The summed E-state index contributed by atoms with van der Waals surface area (Å²) < 4.78 is 5.28. The van der Waals surface area contributed by atoms with E-state index in [0.29, 0.717) is 0 Å². The van der Waals surface area contributed by atoms with Crippen molar-refractivity contribution >= 4 is 17.3 Å². The Bertz CT molecular complexity index is 956. The maximum Gasteiger partial charge on any atom is 0.251 e. The molecule has 1 N–H and O–H groups in total. The minimum Gasteiger partial charge on any atom is -0.497 e. The summed E-state index contributed by atoms with van der Waals surface area (Å²) in [6.45, 7) is 0.849. The number of ether oxygens (including phenoxy) is 1. The minimum atomic E-state index is -0.395. The maximum absolute atomic E-state index is 13.4. The number of hydrogen-bond acceptors (Lipinski definition) is 3. The Morgan fingerprint density at radius 1 is 1.00 bits per heavy atom. The number of hydrogen-bond donors (Lipinski definition) is 1. The Labute approximate surface area is 165 Å². The van der Waals surface area contributed by atoms with Crippen molar-refractivity contribution in [1.82, 2.24) is 0 Å². The van der Waals surface area contributed by atoms with E-state index in [1.54, 1.807) is 7.11 Å². The Hall–Kier alpha value is -3.27. The van der Waals surface area contributed by atoms with Gasteiger partial charge in [-0.15, -0.1) is 0 Å². The fourth-order valence-corrected chi connectivity index (χ4v) is 3.85. The highest BCUT2D eigenvalue weighted by Crippen LogP contribution is 2.35. The van der Waals surface area contributed by atoms with Crippen LogP contribution in [0.1, 0.15) is 23.6 Å². The summed E-state index contributed by atoms with van der Waals surface area (Å²) in [4.78, 5) is 15.7. The van der Waals surface area contributed by atoms with Crippen LogP contribution in [0.5, 0.6) is 5.75 Å². The van der Waals surface area contributed by atoms with Gasteiger partial charge in [0.15, 0.2) is 0 Å². The normalized spacial score (nSPS) is 14.1. The van der Waals surface area contributed by atoms with Crippen molar-refractivity contribution in [3.8, 4) is 5.75 Å². The molecule has 1 atom stereocenters. The van der Waals surface area contributed by atoms with Crippen LogP contribution in [-0.2, 0) is 11.2 Å². The van der Waals surface area contributed by atoms with E-state index >= 15 is 0 Å². The number of amides is 1. The van der Waals surface area contributed by atoms with Crippen LogP contribution < -0.4 is 15.0 Å². The monoisotopic (exact) mass is 372 g/mol.